The van der Waals surface area contributed by atoms with Gasteiger partial charge < -0.3 is 14.9 Å². The summed E-state index contributed by atoms with van der Waals surface area (Å²) in [5.74, 6) is -2.01. The Morgan fingerprint density at radius 3 is 2.33 bits per heavy atom. The smallest absolute Gasteiger partial charge is 0.337 e. The average molecular weight is 317 g/mol. The number of rotatable bonds is 7. The van der Waals surface area contributed by atoms with Gasteiger partial charge in [0.2, 0.25) is 10.0 Å². The number of nitrogens with one attached hydrogen (secondary N) is 1. The molecule has 0 aliphatic rings. The number of aliphatic hydroxyl groups excluding tert-OH is 1. The van der Waals surface area contributed by atoms with Crippen LogP contribution in [0.1, 0.15) is 16.8 Å². The lowest BCUT2D eigenvalue weighted by molar-refractivity contribution is -0.146. The Morgan fingerprint density at radius 1 is 1.29 bits per heavy atom. The highest BCUT2D eigenvalue weighted by Crippen LogP contribution is 2.11. The second-order valence-corrected chi connectivity index (χ2v) is 5.82. The number of benzene rings is 1. The normalized spacial score (nSPS) is 12.7. The number of carbonyl (C=O) groups is 2. The highest BCUT2D eigenvalue weighted by atomic mass is 32.2. The standard InChI is InChI=1S/C12H15NO7S/c1-20-12(17)8-2-4-9(5-3-8)21(18,19)13-7-6-10(14)11(15)16/h2-5,10,13-14H,6-7H2,1H3,(H,15,16). The van der Waals surface area contributed by atoms with Crippen LogP contribution in [0.25, 0.3) is 0 Å². The highest BCUT2D eigenvalue weighted by Gasteiger charge is 2.17. The quantitative estimate of drug-likeness (QED) is 0.583. The topological polar surface area (TPSA) is 130 Å². The van der Waals surface area contributed by atoms with E-state index in [0.717, 1.165) is 0 Å². The van der Waals surface area contributed by atoms with Crippen molar-refractivity contribution in [2.24, 2.45) is 0 Å². The van der Waals surface area contributed by atoms with Crippen LogP contribution < -0.4 is 4.72 Å². The summed E-state index contributed by atoms with van der Waals surface area (Å²) in [6.07, 6.45) is -1.89. The third-order valence-corrected chi connectivity index (χ3v) is 4.06. The van der Waals surface area contributed by atoms with Crippen LogP contribution in [0.3, 0.4) is 0 Å². The van der Waals surface area contributed by atoms with Gasteiger partial charge in [-0.15, -0.1) is 0 Å². The molecular weight excluding hydrogens is 302 g/mol. The molecule has 21 heavy (non-hydrogen) atoms. The van der Waals surface area contributed by atoms with Gasteiger partial charge in [-0.1, -0.05) is 0 Å². The van der Waals surface area contributed by atoms with Crippen molar-refractivity contribution in [3.8, 4) is 0 Å². The Balaban J connectivity index is 2.70. The monoisotopic (exact) mass is 317 g/mol. The van der Waals surface area contributed by atoms with Crippen molar-refractivity contribution in [3.63, 3.8) is 0 Å². The zero-order chi connectivity index (χ0) is 16.0. The predicted molar refractivity (Wildman–Crippen MR) is 71.2 cm³/mol. The lowest BCUT2D eigenvalue weighted by Crippen LogP contribution is -2.30. The summed E-state index contributed by atoms with van der Waals surface area (Å²) in [6, 6.07) is 5.05. The van der Waals surface area contributed by atoms with Crippen LogP contribution in [0.5, 0.6) is 0 Å². The van der Waals surface area contributed by atoms with Crippen molar-refractivity contribution in [1.29, 1.82) is 0 Å². The number of carboxylic acid groups (broad SMARTS) is 1. The first-order chi connectivity index (χ1) is 9.77. The van der Waals surface area contributed by atoms with E-state index < -0.39 is 28.1 Å². The maximum absolute atomic E-state index is 11.9. The Bertz CT molecular complexity index is 609. The molecule has 0 aliphatic carbocycles. The molecule has 1 atom stereocenters. The number of esters is 1. The van der Waals surface area contributed by atoms with E-state index in [9.17, 15) is 18.0 Å². The van der Waals surface area contributed by atoms with Gasteiger partial charge >= 0.3 is 11.9 Å². The molecule has 1 rings (SSSR count). The van der Waals surface area contributed by atoms with Gasteiger partial charge in [0, 0.05) is 6.54 Å². The molecule has 1 aromatic carbocycles. The summed E-state index contributed by atoms with van der Waals surface area (Å²) in [7, 11) is -2.63. The number of carbonyl (C=O) groups excluding carboxylic acids is 1. The van der Waals surface area contributed by atoms with Crippen LogP contribution in [0.15, 0.2) is 29.2 Å². The summed E-state index contributed by atoms with van der Waals surface area (Å²) < 4.78 is 30.4. The van der Waals surface area contributed by atoms with Crippen molar-refractivity contribution >= 4 is 22.0 Å². The predicted octanol–water partition coefficient (Wildman–Crippen LogP) is -0.413. The van der Waals surface area contributed by atoms with Crippen molar-refractivity contribution in [2.45, 2.75) is 17.4 Å². The van der Waals surface area contributed by atoms with Gasteiger partial charge in [0.25, 0.3) is 0 Å². The summed E-state index contributed by atoms with van der Waals surface area (Å²) in [4.78, 5) is 21.5. The number of hydrogen-bond acceptors (Lipinski definition) is 6. The number of methoxy groups -OCH3 is 1. The van der Waals surface area contributed by atoms with Crippen LogP contribution in [0.4, 0.5) is 0 Å². The number of hydrogen-bond donors (Lipinski definition) is 3. The zero-order valence-corrected chi connectivity index (χ0v) is 12.0. The van der Waals surface area contributed by atoms with Crippen LogP contribution in [-0.2, 0) is 19.6 Å². The lowest BCUT2D eigenvalue weighted by Gasteiger charge is -2.08. The minimum absolute atomic E-state index is 0.0834. The Morgan fingerprint density at radius 2 is 1.86 bits per heavy atom. The third kappa shape index (κ3) is 4.81. The Hall–Kier alpha value is -1.97. The highest BCUT2D eigenvalue weighted by molar-refractivity contribution is 7.89. The molecule has 0 saturated heterocycles. The molecule has 0 spiro atoms. The van der Waals surface area contributed by atoms with Crippen molar-refractivity contribution in [3.05, 3.63) is 29.8 Å². The summed E-state index contributed by atoms with van der Waals surface area (Å²) in [5.41, 5.74) is 0.206. The maximum atomic E-state index is 11.9. The van der Waals surface area contributed by atoms with Crippen molar-refractivity contribution < 1.29 is 33.0 Å². The second-order valence-electron chi connectivity index (χ2n) is 4.06. The largest absolute Gasteiger partial charge is 0.479 e. The first-order valence-electron chi connectivity index (χ1n) is 5.87. The number of carboxylic acids is 1. The van der Waals surface area contributed by atoms with Crippen LogP contribution in [0.2, 0.25) is 0 Å². The van der Waals surface area contributed by atoms with E-state index in [-0.39, 0.29) is 23.4 Å². The average Bonchev–Trinajstić information content (AvgIpc) is 2.46. The Kier molecular flexibility index (Phi) is 5.82. The van der Waals surface area contributed by atoms with Crippen LogP contribution in [-0.4, -0.2) is 50.3 Å². The minimum Gasteiger partial charge on any atom is -0.479 e. The molecule has 0 fully saturated rings. The van der Waals surface area contributed by atoms with Gasteiger partial charge in [-0.3, -0.25) is 0 Å². The fraction of sp³-hybridized carbons (Fsp3) is 0.333. The van der Waals surface area contributed by atoms with Gasteiger partial charge in [0.15, 0.2) is 6.10 Å². The first kappa shape index (κ1) is 17.1. The lowest BCUT2D eigenvalue weighted by atomic mass is 10.2. The summed E-state index contributed by atoms with van der Waals surface area (Å²) in [5, 5.41) is 17.5. The molecule has 0 aliphatic heterocycles. The minimum atomic E-state index is -3.84. The van der Waals surface area contributed by atoms with E-state index in [1.54, 1.807) is 0 Å². The fourth-order valence-electron chi connectivity index (χ4n) is 1.42. The number of aliphatic carboxylic acids is 1. The molecule has 116 valence electrons. The molecular formula is C12H15NO7S. The van der Waals surface area contributed by atoms with E-state index in [2.05, 4.69) is 9.46 Å². The van der Waals surface area contributed by atoms with E-state index in [0.29, 0.717) is 0 Å². The van der Waals surface area contributed by atoms with Crippen molar-refractivity contribution in [1.82, 2.24) is 4.72 Å². The van der Waals surface area contributed by atoms with E-state index in [4.69, 9.17) is 10.2 Å². The molecule has 0 radical (unpaired) electrons. The van der Waals surface area contributed by atoms with Crippen molar-refractivity contribution in [2.75, 3.05) is 13.7 Å². The second kappa shape index (κ2) is 7.16. The zero-order valence-electron chi connectivity index (χ0n) is 11.1. The summed E-state index contributed by atoms with van der Waals surface area (Å²) in [6.45, 7) is -0.228. The number of aliphatic hydroxyl groups is 1. The van der Waals surface area contributed by atoms with E-state index in [1.807, 2.05) is 0 Å². The van der Waals surface area contributed by atoms with Gasteiger partial charge in [-0.05, 0) is 30.7 Å². The number of sulfonamides is 1. The number of ether oxygens (including phenoxy) is 1. The SMILES string of the molecule is COC(=O)c1ccc(S(=O)(=O)NCCC(O)C(=O)O)cc1. The molecule has 0 amide bonds. The molecule has 1 aromatic rings. The maximum Gasteiger partial charge on any atom is 0.337 e. The van der Waals surface area contributed by atoms with Crippen LogP contribution in [0, 0.1) is 0 Å². The molecule has 0 heterocycles. The molecule has 0 aromatic heterocycles. The van der Waals surface area contributed by atoms with Gasteiger partial charge in [0.1, 0.15) is 0 Å². The fourth-order valence-corrected chi connectivity index (χ4v) is 2.47. The van der Waals surface area contributed by atoms with Gasteiger partial charge in [-0.2, -0.15) is 0 Å². The molecule has 0 saturated carbocycles. The summed E-state index contributed by atoms with van der Waals surface area (Å²) >= 11 is 0. The van der Waals surface area contributed by atoms with E-state index in [1.165, 1.54) is 31.4 Å². The van der Waals surface area contributed by atoms with E-state index >= 15 is 0 Å². The molecule has 0 bridgehead atoms. The van der Waals surface area contributed by atoms with Gasteiger partial charge in [-0.25, -0.2) is 22.7 Å². The van der Waals surface area contributed by atoms with Gasteiger partial charge in [0.05, 0.1) is 17.6 Å². The molecule has 8 nitrogen and oxygen atoms in total. The molecule has 3 N–H and O–H groups in total. The van der Waals surface area contributed by atoms with Crippen LogP contribution >= 0.6 is 0 Å². The Labute approximate surface area is 121 Å². The first-order valence-corrected chi connectivity index (χ1v) is 7.35. The molecule has 1 unspecified atom stereocenters. The third-order valence-electron chi connectivity index (χ3n) is 2.58. The molecule has 9 heteroatoms.